The molecule has 168 valence electrons. The second-order valence-corrected chi connectivity index (χ2v) is 9.03. The second-order valence-electron chi connectivity index (χ2n) is 7.71. The Morgan fingerprint density at radius 1 is 1.03 bits per heavy atom. The van der Waals surface area contributed by atoms with Gasteiger partial charge in [0, 0.05) is 15.7 Å². The molecule has 0 aliphatic carbocycles. The fourth-order valence-corrected chi connectivity index (χ4v) is 3.94. The Bertz CT molecular complexity index is 1360. The van der Waals surface area contributed by atoms with Crippen molar-refractivity contribution in [1.29, 1.82) is 0 Å². The van der Waals surface area contributed by atoms with E-state index in [2.05, 4.69) is 38.5 Å². The number of aromatic nitrogens is 1. The van der Waals surface area contributed by atoms with Crippen molar-refractivity contribution in [3.8, 4) is 17.2 Å². The molecule has 4 rings (SSSR count). The molecule has 0 atom stereocenters. The molecular formula is C25H22BrN3O3S. The average Bonchev–Trinajstić information content (AvgIpc) is 3.18. The number of thiocarbonyl (C=S) groups is 1. The highest BCUT2D eigenvalue weighted by Crippen LogP contribution is 2.29. The topological polar surface area (TPSA) is 76.4 Å². The third kappa shape index (κ3) is 4.91. The minimum Gasteiger partial charge on any atom is -0.496 e. The van der Waals surface area contributed by atoms with Crippen LogP contribution in [0.5, 0.6) is 5.75 Å². The molecular weight excluding hydrogens is 502 g/mol. The van der Waals surface area contributed by atoms with Crippen molar-refractivity contribution in [1.82, 2.24) is 10.3 Å². The number of hydrogen-bond acceptors (Lipinski definition) is 5. The number of aryl methyl sites for hydroxylation is 3. The molecule has 4 aromatic rings. The van der Waals surface area contributed by atoms with Crippen molar-refractivity contribution in [2.45, 2.75) is 20.8 Å². The van der Waals surface area contributed by atoms with Crippen LogP contribution in [0.15, 0.2) is 57.4 Å². The van der Waals surface area contributed by atoms with Crippen molar-refractivity contribution in [3.05, 3.63) is 75.3 Å². The van der Waals surface area contributed by atoms with Crippen molar-refractivity contribution in [3.63, 3.8) is 0 Å². The smallest absolute Gasteiger partial charge is 0.261 e. The molecule has 0 unspecified atom stereocenters. The fourth-order valence-electron chi connectivity index (χ4n) is 3.37. The molecule has 8 heteroatoms. The first kappa shape index (κ1) is 22.9. The van der Waals surface area contributed by atoms with E-state index in [-0.39, 0.29) is 11.0 Å². The Hall–Kier alpha value is -3.23. The van der Waals surface area contributed by atoms with Crippen LogP contribution in [0.1, 0.15) is 27.0 Å². The summed E-state index contributed by atoms with van der Waals surface area (Å²) >= 11 is 8.77. The lowest BCUT2D eigenvalue weighted by atomic mass is 10.1. The summed E-state index contributed by atoms with van der Waals surface area (Å²) < 4.78 is 12.0. The minimum atomic E-state index is -0.371. The van der Waals surface area contributed by atoms with Gasteiger partial charge in [-0.1, -0.05) is 22.0 Å². The van der Waals surface area contributed by atoms with Crippen LogP contribution in [0.4, 0.5) is 5.69 Å². The first-order chi connectivity index (χ1) is 15.7. The van der Waals surface area contributed by atoms with Gasteiger partial charge in [0.2, 0.25) is 5.89 Å². The van der Waals surface area contributed by atoms with Crippen LogP contribution in [0.3, 0.4) is 0 Å². The monoisotopic (exact) mass is 523 g/mol. The number of rotatable bonds is 4. The van der Waals surface area contributed by atoms with Crippen LogP contribution in [0.2, 0.25) is 0 Å². The molecule has 0 spiro atoms. The summed E-state index contributed by atoms with van der Waals surface area (Å²) in [4.78, 5) is 17.4. The number of anilines is 1. The summed E-state index contributed by atoms with van der Waals surface area (Å²) in [7, 11) is 1.51. The van der Waals surface area contributed by atoms with E-state index in [1.165, 1.54) is 7.11 Å². The second kappa shape index (κ2) is 9.33. The first-order valence-corrected chi connectivity index (χ1v) is 11.4. The van der Waals surface area contributed by atoms with Gasteiger partial charge in [-0.05, 0) is 92.1 Å². The number of methoxy groups -OCH3 is 1. The molecule has 0 fully saturated rings. The summed E-state index contributed by atoms with van der Waals surface area (Å²) in [6, 6.07) is 15.0. The van der Waals surface area contributed by atoms with Crippen LogP contribution in [-0.4, -0.2) is 23.1 Å². The minimum absolute atomic E-state index is 0.172. The van der Waals surface area contributed by atoms with Crippen LogP contribution in [0, 0.1) is 20.8 Å². The number of halogens is 1. The fraction of sp³-hybridized carbons (Fsp3) is 0.160. The Labute approximate surface area is 205 Å². The third-order valence-electron chi connectivity index (χ3n) is 5.37. The van der Waals surface area contributed by atoms with Gasteiger partial charge < -0.3 is 14.5 Å². The van der Waals surface area contributed by atoms with Gasteiger partial charge in [0.25, 0.3) is 5.91 Å². The lowest BCUT2D eigenvalue weighted by molar-refractivity contribution is 0.0974. The van der Waals surface area contributed by atoms with Crippen molar-refractivity contribution in [2.24, 2.45) is 0 Å². The molecule has 6 nitrogen and oxygen atoms in total. The summed E-state index contributed by atoms with van der Waals surface area (Å²) in [5.41, 5.74) is 6.75. The predicted molar refractivity (Wildman–Crippen MR) is 138 cm³/mol. The molecule has 0 aliphatic heterocycles. The largest absolute Gasteiger partial charge is 0.496 e. The summed E-state index contributed by atoms with van der Waals surface area (Å²) in [5.74, 6) is 0.606. The number of fused-ring (bicyclic) bond motifs is 1. The van der Waals surface area contributed by atoms with E-state index in [1.54, 1.807) is 18.2 Å². The van der Waals surface area contributed by atoms with Gasteiger partial charge in [-0.25, -0.2) is 4.98 Å². The number of nitrogens with zero attached hydrogens (tertiary/aromatic N) is 1. The van der Waals surface area contributed by atoms with E-state index in [9.17, 15) is 4.79 Å². The number of carbonyl (C=O) groups is 1. The van der Waals surface area contributed by atoms with Gasteiger partial charge in [-0.2, -0.15) is 0 Å². The van der Waals surface area contributed by atoms with Crippen molar-refractivity contribution in [2.75, 3.05) is 12.4 Å². The normalized spacial score (nSPS) is 10.8. The van der Waals surface area contributed by atoms with E-state index in [0.717, 1.165) is 43.5 Å². The lowest BCUT2D eigenvalue weighted by Gasteiger charge is -2.14. The third-order valence-corrected chi connectivity index (χ3v) is 6.07. The van der Waals surface area contributed by atoms with Gasteiger partial charge >= 0.3 is 0 Å². The van der Waals surface area contributed by atoms with Crippen molar-refractivity contribution < 1.29 is 13.9 Å². The predicted octanol–water partition coefficient (Wildman–Crippen LogP) is 6.32. The van der Waals surface area contributed by atoms with E-state index < -0.39 is 0 Å². The van der Waals surface area contributed by atoms with Crippen LogP contribution in [0.25, 0.3) is 22.6 Å². The molecule has 0 saturated heterocycles. The SMILES string of the molecule is COc1ccc(Br)cc1C(=O)NC(=S)Nc1cc(-c2nc3cc(C)c(C)cc3o2)ccc1C. The van der Waals surface area contributed by atoms with Crippen LogP contribution < -0.4 is 15.4 Å². The van der Waals surface area contributed by atoms with Gasteiger partial charge in [0.1, 0.15) is 11.3 Å². The highest BCUT2D eigenvalue weighted by Gasteiger charge is 2.16. The number of benzene rings is 3. The van der Waals surface area contributed by atoms with Gasteiger partial charge in [-0.3, -0.25) is 10.1 Å². The lowest BCUT2D eigenvalue weighted by Crippen LogP contribution is -2.34. The van der Waals surface area contributed by atoms with E-state index in [4.69, 9.17) is 21.4 Å². The van der Waals surface area contributed by atoms with Gasteiger partial charge in [0.05, 0.1) is 12.7 Å². The molecule has 0 saturated carbocycles. The highest BCUT2D eigenvalue weighted by molar-refractivity contribution is 9.10. The Balaban J connectivity index is 1.56. The van der Waals surface area contributed by atoms with Gasteiger partial charge in [0.15, 0.2) is 10.7 Å². The number of ether oxygens (including phenoxy) is 1. The van der Waals surface area contributed by atoms with E-state index in [0.29, 0.717) is 17.2 Å². The Morgan fingerprint density at radius 3 is 2.55 bits per heavy atom. The summed E-state index contributed by atoms with van der Waals surface area (Å²) in [6.45, 7) is 6.05. The van der Waals surface area contributed by atoms with Crippen LogP contribution in [-0.2, 0) is 0 Å². The first-order valence-electron chi connectivity index (χ1n) is 10.2. The number of amides is 1. The molecule has 0 aliphatic rings. The molecule has 0 bridgehead atoms. The maximum Gasteiger partial charge on any atom is 0.261 e. The average molecular weight is 524 g/mol. The zero-order valence-electron chi connectivity index (χ0n) is 18.6. The maximum absolute atomic E-state index is 12.7. The summed E-state index contributed by atoms with van der Waals surface area (Å²) in [6.07, 6.45) is 0. The summed E-state index contributed by atoms with van der Waals surface area (Å²) in [5, 5.41) is 5.98. The molecule has 33 heavy (non-hydrogen) atoms. The van der Waals surface area contributed by atoms with E-state index >= 15 is 0 Å². The number of carbonyl (C=O) groups excluding carboxylic acids is 1. The Morgan fingerprint density at radius 2 is 1.79 bits per heavy atom. The molecule has 1 aromatic heterocycles. The van der Waals surface area contributed by atoms with E-state index in [1.807, 2.05) is 44.2 Å². The Kier molecular flexibility index (Phi) is 6.49. The van der Waals surface area contributed by atoms with Crippen molar-refractivity contribution >= 4 is 56.0 Å². The van der Waals surface area contributed by atoms with Gasteiger partial charge in [-0.15, -0.1) is 0 Å². The molecule has 1 amide bonds. The molecule has 2 N–H and O–H groups in total. The number of nitrogens with one attached hydrogen (secondary N) is 2. The number of hydrogen-bond donors (Lipinski definition) is 2. The maximum atomic E-state index is 12.7. The van der Waals surface area contributed by atoms with Crippen LogP contribution >= 0.6 is 28.1 Å². The quantitative estimate of drug-likeness (QED) is 0.305. The highest BCUT2D eigenvalue weighted by atomic mass is 79.9. The molecule has 1 heterocycles. The number of oxazole rings is 1. The molecule has 0 radical (unpaired) electrons. The standard InChI is InChI=1S/C25H22BrN3O3S/c1-13-5-6-16(24-27-20-9-14(2)15(3)10-22(20)32-24)11-19(13)28-25(33)29-23(30)18-12-17(26)7-8-21(18)31-4/h5-12H,1-4H3,(H2,28,29,30,33). The zero-order chi connectivity index (χ0) is 23.7. The zero-order valence-corrected chi connectivity index (χ0v) is 21.0. The molecule has 3 aromatic carbocycles.